The van der Waals surface area contributed by atoms with E-state index < -0.39 is 11.6 Å². The molecule has 2 atom stereocenters. The summed E-state index contributed by atoms with van der Waals surface area (Å²) >= 11 is 5.04. The minimum Gasteiger partial charge on any atom is -0.478 e. The summed E-state index contributed by atoms with van der Waals surface area (Å²) in [5, 5.41) is 13.2. The highest BCUT2D eigenvalue weighted by atomic mass is 79.9. The van der Waals surface area contributed by atoms with Gasteiger partial charge in [0.15, 0.2) is 5.06 Å². The first-order valence-corrected chi connectivity index (χ1v) is 12.3. The van der Waals surface area contributed by atoms with Crippen molar-refractivity contribution in [3.05, 3.63) is 87.2 Å². The Kier molecular flexibility index (Phi) is 5.63. The van der Waals surface area contributed by atoms with Gasteiger partial charge in [0.05, 0.1) is 0 Å². The molecule has 0 amide bonds. The van der Waals surface area contributed by atoms with Crippen molar-refractivity contribution in [2.45, 2.75) is 30.9 Å². The van der Waals surface area contributed by atoms with E-state index in [1.54, 1.807) is 0 Å². The molecule has 2 bridgehead atoms. The third kappa shape index (κ3) is 3.71. The van der Waals surface area contributed by atoms with E-state index in [1.807, 2.05) is 60.0 Å². The summed E-state index contributed by atoms with van der Waals surface area (Å²) in [6, 6.07) is 19.2. The number of carbonyl (C=O) groups is 1. The van der Waals surface area contributed by atoms with E-state index in [4.69, 9.17) is 4.74 Å². The molecule has 3 aliphatic heterocycles. The number of hydrogen-bond donors (Lipinski definition) is 1. The predicted molar refractivity (Wildman–Crippen MR) is 126 cm³/mol. The van der Waals surface area contributed by atoms with Crippen LogP contribution in [0.4, 0.5) is 0 Å². The molecule has 3 fully saturated rings. The van der Waals surface area contributed by atoms with Crippen molar-refractivity contribution in [3.63, 3.8) is 0 Å². The average molecular weight is 498 g/mol. The molecule has 3 aliphatic rings. The molecule has 3 aromatic rings. The number of aliphatic carboxylic acids is 1. The third-order valence-corrected chi connectivity index (χ3v) is 7.87. The molecular weight excluding hydrogens is 474 g/mol. The van der Waals surface area contributed by atoms with Crippen molar-refractivity contribution >= 4 is 33.2 Å². The van der Waals surface area contributed by atoms with Crippen molar-refractivity contribution in [1.82, 2.24) is 4.90 Å². The zero-order valence-electron chi connectivity index (χ0n) is 17.0. The van der Waals surface area contributed by atoms with Gasteiger partial charge in [-0.05, 0) is 73.5 Å². The van der Waals surface area contributed by atoms with Gasteiger partial charge in [0.2, 0.25) is 0 Å². The summed E-state index contributed by atoms with van der Waals surface area (Å²) in [7, 11) is 0. The number of hydrogen-bond acceptors (Lipinski definition) is 4. The van der Waals surface area contributed by atoms with Gasteiger partial charge in [0.1, 0.15) is 0 Å². The second kappa shape index (κ2) is 8.41. The molecular formula is C25H24BrNO3S. The van der Waals surface area contributed by atoms with Crippen LogP contribution < -0.4 is 4.74 Å². The summed E-state index contributed by atoms with van der Waals surface area (Å²) in [6.45, 7) is 2.14. The number of benzene rings is 2. The maximum Gasteiger partial charge on any atom is 0.357 e. The number of thiophene rings is 1. The number of carboxylic acids is 1. The molecule has 0 radical (unpaired) electrons. The second-order valence-electron chi connectivity index (χ2n) is 8.35. The van der Waals surface area contributed by atoms with Crippen LogP contribution in [0.2, 0.25) is 0 Å². The van der Waals surface area contributed by atoms with Gasteiger partial charge < -0.3 is 9.84 Å². The van der Waals surface area contributed by atoms with Crippen LogP contribution in [-0.2, 0) is 10.4 Å². The molecule has 1 N–H and O–H groups in total. The van der Waals surface area contributed by atoms with Crippen LogP contribution in [0, 0.1) is 5.92 Å². The first kappa shape index (κ1) is 20.7. The molecule has 1 aromatic heterocycles. The first-order chi connectivity index (χ1) is 15.1. The summed E-state index contributed by atoms with van der Waals surface area (Å²) in [6.07, 6.45) is 3.52. The molecule has 6 rings (SSSR count). The summed E-state index contributed by atoms with van der Waals surface area (Å²) in [4.78, 5) is 15.6. The first-order valence-electron chi connectivity index (χ1n) is 10.6. The molecule has 2 aromatic carbocycles. The zero-order chi connectivity index (χ0) is 21.4. The van der Waals surface area contributed by atoms with Gasteiger partial charge in [-0.1, -0.05) is 52.3 Å². The van der Waals surface area contributed by atoms with Crippen molar-refractivity contribution in [3.8, 4) is 5.06 Å². The fraction of sp³-hybridized carbons (Fsp3) is 0.320. The smallest absolute Gasteiger partial charge is 0.357 e. The molecule has 31 heavy (non-hydrogen) atoms. The van der Waals surface area contributed by atoms with Gasteiger partial charge in [0.25, 0.3) is 5.60 Å². The molecule has 4 heterocycles. The molecule has 2 unspecified atom stereocenters. The highest BCUT2D eigenvalue weighted by Crippen LogP contribution is 2.47. The lowest BCUT2D eigenvalue weighted by Gasteiger charge is -2.47. The quantitative estimate of drug-likeness (QED) is 0.448. The van der Waals surface area contributed by atoms with Crippen LogP contribution in [0.3, 0.4) is 0 Å². The third-order valence-electron chi connectivity index (χ3n) is 6.63. The van der Waals surface area contributed by atoms with E-state index in [0.717, 1.165) is 29.5 Å². The average Bonchev–Trinajstić information content (AvgIpc) is 3.32. The molecule has 4 nitrogen and oxygen atoms in total. The monoisotopic (exact) mass is 497 g/mol. The van der Waals surface area contributed by atoms with Gasteiger partial charge in [-0.3, -0.25) is 4.90 Å². The molecule has 3 saturated heterocycles. The second-order valence-corrected chi connectivity index (χ2v) is 10.2. The SMILES string of the molecule is O=C(O)C(Oc1cccs1)(c1ccccc1)c1ccc(Br)cc1C1CC2CCN1CC2. The van der Waals surface area contributed by atoms with Gasteiger partial charge in [-0.25, -0.2) is 4.79 Å². The maximum absolute atomic E-state index is 13.1. The van der Waals surface area contributed by atoms with E-state index >= 15 is 0 Å². The Labute approximate surface area is 194 Å². The minimum atomic E-state index is -1.63. The predicted octanol–water partition coefficient (Wildman–Crippen LogP) is 6.07. The van der Waals surface area contributed by atoms with E-state index in [0.29, 0.717) is 22.1 Å². The van der Waals surface area contributed by atoms with Crippen LogP contribution in [0.1, 0.15) is 42.0 Å². The Hall–Kier alpha value is -2.15. The summed E-state index contributed by atoms with van der Waals surface area (Å²) in [5.41, 5.74) is 0.748. The molecule has 160 valence electrons. The number of ether oxygens (including phenoxy) is 1. The van der Waals surface area contributed by atoms with Gasteiger partial charge in [0, 0.05) is 21.6 Å². The fourth-order valence-electron chi connectivity index (χ4n) is 5.12. The maximum atomic E-state index is 13.1. The normalized spacial score (nSPS) is 24.5. The highest BCUT2D eigenvalue weighted by Gasteiger charge is 2.49. The minimum absolute atomic E-state index is 0.203. The van der Waals surface area contributed by atoms with Crippen LogP contribution in [0.5, 0.6) is 5.06 Å². The van der Waals surface area contributed by atoms with E-state index in [1.165, 1.54) is 24.2 Å². The van der Waals surface area contributed by atoms with Crippen LogP contribution >= 0.6 is 27.3 Å². The topological polar surface area (TPSA) is 49.8 Å². The van der Waals surface area contributed by atoms with Gasteiger partial charge in [-0.2, -0.15) is 0 Å². The van der Waals surface area contributed by atoms with Crippen LogP contribution in [-0.4, -0.2) is 29.1 Å². The number of nitrogens with zero attached hydrogens (tertiary/aromatic N) is 1. The van der Waals surface area contributed by atoms with Crippen molar-refractivity contribution < 1.29 is 14.6 Å². The van der Waals surface area contributed by atoms with Gasteiger partial charge in [-0.15, -0.1) is 11.3 Å². The fourth-order valence-corrected chi connectivity index (χ4v) is 6.12. The summed E-state index contributed by atoms with van der Waals surface area (Å²) in [5.74, 6) is -0.303. The zero-order valence-corrected chi connectivity index (χ0v) is 19.4. The van der Waals surface area contributed by atoms with Crippen molar-refractivity contribution in [2.24, 2.45) is 5.92 Å². The van der Waals surface area contributed by atoms with Crippen LogP contribution in [0.25, 0.3) is 0 Å². The lowest BCUT2D eigenvalue weighted by molar-refractivity contribution is -0.152. The van der Waals surface area contributed by atoms with E-state index in [9.17, 15) is 9.90 Å². The lowest BCUT2D eigenvalue weighted by atomic mass is 9.76. The molecule has 6 heteroatoms. The Balaban J connectivity index is 1.72. The highest BCUT2D eigenvalue weighted by molar-refractivity contribution is 9.10. The molecule has 0 spiro atoms. The number of halogens is 1. The number of rotatable bonds is 6. The Morgan fingerprint density at radius 2 is 1.87 bits per heavy atom. The van der Waals surface area contributed by atoms with Crippen molar-refractivity contribution in [1.29, 1.82) is 0 Å². The standard InChI is InChI=1S/C25H24BrNO3S/c26-19-8-9-21(20(16-19)22-15-17-10-12-27(22)13-11-17)25(24(28)29,18-5-2-1-3-6-18)30-23-7-4-14-31-23/h1-9,14,16-17,22H,10-13,15H2,(H,28,29). The van der Waals surface area contributed by atoms with Gasteiger partial charge >= 0.3 is 5.97 Å². The Morgan fingerprint density at radius 1 is 1.10 bits per heavy atom. The largest absolute Gasteiger partial charge is 0.478 e. The Morgan fingerprint density at radius 3 is 2.48 bits per heavy atom. The van der Waals surface area contributed by atoms with Crippen molar-refractivity contribution in [2.75, 3.05) is 13.1 Å². The molecule has 0 saturated carbocycles. The van der Waals surface area contributed by atoms with E-state index in [-0.39, 0.29) is 6.04 Å². The Bertz CT molecular complexity index is 1060. The summed E-state index contributed by atoms with van der Waals surface area (Å²) < 4.78 is 7.37. The number of fused-ring (bicyclic) bond motifs is 3. The number of carboxylic acid groups (broad SMARTS) is 1. The number of piperidine rings is 3. The lowest BCUT2D eigenvalue weighted by Crippen LogP contribution is -2.47. The van der Waals surface area contributed by atoms with Crippen LogP contribution in [0.15, 0.2) is 70.5 Å². The van der Waals surface area contributed by atoms with E-state index in [2.05, 4.69) is 26.9 Å². The molecule has 0 aliphatic carbocycles.